The molecule has 1 fully saturated rings. The average Bonchev–Trinajstić information content (AvgIpc) is 2.14. The van der Waals surface area contributed by atoms with Crippen LogP contribution in [-0.2, 0) is 24.7 Å². The maximum Gasteiger partial charge on any atom is 0.318 e. The third-order valence-electron chi connectivity index (χ3n) is 2.37. The Bertz CT molecular complexity index is 451. The van der Waals surface area contributed by atoms with E-state index in [0.29, 0.717) is 0 Å². The Labute approximate surface area is 93.8 Å². The minimum absolute atomic E-state index is 0.0251. The number of rotatable bonds is 4. The maximum atomic E-state index is 11.5. The summed E-state index contributed by atoms with van der Waals surface area (Å²) >= 11 is 0. The minimum atomic E-state index is -3.72. The van der Waals surface area contributed by atoms with E-state index < -0.39 is 37.6 Å². The molecule has 0 saturated carbocycles. The summed E-state index contributed by atoms with van der Waals surface area (Å²) in [6, 6.07) is 0. The lowest BCUT2D eigenvalue weighted by molar-refractivity contribution is -0.135. The quantitative estimate of drug-likeness (QED) is 0.647. The average molecular weight is 271 g/mol. The molecule has 0 spiro atoms. The van der Waals surface area contributed by atoms with Crippen molar-refractivity contribution in [2.24, 2.45) is 0 Å². The summed E-state index contributed by atoms with van der Waals surface area (Å²) in [5, 5.41) is 7.53. The standard InChI is InChI=1S/C7H13NO6S2/c9-7(10)5-8-16(13,14)6-1-3-15(11,12)4-2-6/h6,8H,1-5H2,(H,9,10). The van der Waals surface area contributed by atoms with Gasteiger partial charge in [-0.15, -0.1) is 0 Å². The van der Waals surface area contributed by atoms with E-state index in [0.717, 1.165) is 0 Å². The van der Waals surface area contributed by atoms with Crippen molar-refractivity contribution in [3.05, 3.63) is 0 Å². The van der Waals surface area contributed by atoms with E-state index in [2.05, 4.69) is 0 Å². The number of hydrogen-bond acceptors (Lipinski definition) is 5. The van der Waals surface area contributed by atoms with Gasteiger partial charge in [-0.3, -0.25) is 4.79 Å². The predicted molar refractivity (Wildman–Crippen MR) is 56.2 cm³/mol. The van der Waals surface area contributed by atoms with Gasteiger partial charge in [0.25, 0.3) is 0 Å². The first-order valence-electron chi connectivity index (χ1n) is 4.64. The molecular formula is C7H13NO6S2. The minimum Gasteiger partial charge on any atom is -0.480 e. The number of hydrogen-bond donors (Lipinski definition) is 2. The topological polar surface area (TPSA) is 118 Å². The van der Waals surface area contributed by atoms with Crippen LogP contribution in [0.15, 0.2) is 0 Å². The zero-order valence-electron chi connectivity index (χ0n) is 8.42. The summed E-state index contributed by atoms with van der Waals surface area (Å²) in [5.74, 6) is -1.59. The molecule has 0 amide bonds. The number of carboxylic acid groups (broad SMARTS) is 1. The van der Waals surface area contributed by atoms with Crippen molar-refractivity contribution in [1.82, 2.24) is 4.72 Å². The molecule has 0 radical (unpaired) electrons. The third-order valence-corrected chi connectivity index (χ3v) is 5.98. The summed E-state index contributed by atoms with van der Waals surface area (Å²) < 4.78 is 47.2. The molecule has 9 heteroatoms. The first kappa shape index (κ1) is 13.4. The zero-order chi connectivity index (χ0) is 12.4. The highest BCUT2D eigenvalue weighted by molar-refractivity contribution is 7.92. The van der Waals surface area contributed by atoms with Crippen molar-refractivity contribution in [1.29, 1.82) is 0 Å². The summed E-state index contributed by atoms with van der Waals surface area (Å²) in [6.45, 7) is -0.675. The second-order valence-corrected chi connectivity index (χ2v) is 7.96. The predicted octanol–water partition coefficient (Wildman–Crippen LogP) is -1.43. The molecule has 1 aliphatic heterocycles. The number of aliphatic carboxylic acids is 1. The van der Waals surface area contributed by atoms with E-state index in [9.17, 15) is 21.6 Å². The lowest BCUT2D eigenvalue weighted by atomic mass is 10.2. The second-order valence-electron chi connectivity index (χ2n) is 3.61. The van der Waals surface area contributed by atoms with Gasteiger partial charge in [-0.2, -0.15) is 0 Å². The molecule has 0 aliphatic carbocycles. The molecule has 0 aromatic carbocycles. The largest absolute Gasteiger partial charge is 0.480 e. The normalized spacial score (nSPS) is 21.8. The molecule has 16 heavy (non-hydrogen) atoms. The van der Waals surface area contributed by atoms with Gasteiger partial charge in [0.2, 0.25) is 10.0 Å². The Kier molecular flexibility index (Phi) is 3.92. The van der Waals surface area contributed by atoms with Gasteiger partial charge in [0.15, 0.2) is 0 Å². The van der Waals surface area contributed by atoms with Gasteiger partial charge >= 0.3 is 5.97 Å². The Morgan fingerprint density at radius 1 is 1.31 bits per heavy atom. The molecule has 2 N–H and O–H groups in total. The van der Waals surface area contributed by atoms with Crippen molar-refractivity contribution in [3.63, 3.8) is 0 Å². The van der Waals surface area contributed by atoms with Crippen LogP contribution in [0.3, 0.4) is 0 Å². The van der Waals surface area contributed by atoms with E-state index in [1.54, 1.807) is 0 Å². The first-order valence-corrected chi connectivity index (χ1v) is 8.00. The van der Waals surface area contributed by atoms with Crippen molar-refractivity contribution in [2.45, 2.75) is 18.1 Å². The highest BCUT2D eigenvalue weighted by atomic mass is 32.2. The van der Waals surface area contributed by atoms with E-state index in [4.69, 9.17) is 5.11 Å². The molecule has 0 bridgehead atoms. The molecule has 0 aromatic heterocycles. The monoisotopic (exact) mass is 271 g/mol. The van der Waals surface area contributed by atoms with Gasteiger partial charge in [0, 0.05) is 0 Å². The third kappa shape index (κ3) is 3.72. The van der Waals surface area contributed by atoms with Crippen LogP contribution in [0.5, 0.6) is 0 Å². The molecule has 0 unspecified atom stereocenters. The van der Waals surface area contributed by atoms with Gasteiger partial charge < -0.3 is 5.11 Å². The van der Waals surface area contributed by atoms with E-state index in [-0.39, 0.29) is 24.3 Å². The summed E-state index contributed by atoms with van der Waals surface area (Å²) in [7, 11) is -6.84. The number of sulfonamides is 1. The molecule has 1 saturated heterocycles. The fourth-order valence-electron chi connectivity index (χ4n) is 1.46. The molecular weight excluding hydrogens is 258 g/mol. The van der Waals surface area contributed by atoms with Crippen molar-refractivity contribution >= 4 is 25.8 Å². The summed E-state index contributed by atoms with van der Waals surface area (Å²) in [4.78, 5) is 10.2. The molecule has 0 atom stereocenters. The fourth-order valence-corrected chi connectivity index (χ4v) is 4.67. The number of carbonyl (C=O) groups is 1. The van der Waals surface area contributed by atoms with Crippen LogP contribution in [0.1, 0.15) is 12.8 Å². The first-order chi connectivity index (χ1) is 7.23. The maximum absolute atomic E-state index is 11.5. The van der Waals surface area contributed by atoms with Crippen LogP contribution in [0.25, 0.3) is 0 Å². The van der Waals surface area contributed by atoms with Crippen LogP contribution < -0.4 is 4.72 Å². The molecule has 94 valence electrons. The Balaban J connectivity index is 2.62. The van der Waals surface area contributed by atoms with Crippen LogP contribution in [-0.4, -0.2) is 51.2 Å². The van der Waals surface area contributed by atoms with E-state index in [1.807, 2.05) is 4.72 Å². The van der Waals surface area contributed by atoms with E-state index >= 15 is 0 Å². The van der Waals surface area contributed by atoms with Crippen LogP contribution in [0.2, 0.25) is 0 Å². The lowest BCUT2D eigenvalue weighted by Gasteiger charge is -2.21. The highest BCUT2D eigenvalue weighted by Gasteiger charge is 2.32. The van der Waals surface area contributed by atoms with Crippen molar-refractivity contribution in [3.8, 4) is 0 Å². The SMILES string of the molecule is O=C(O)CNS(=O)(=O)C1CCS(=O)(=O)CC1. The van der Waals surface area contributed by atoms with Crippen LogP contribution >= 0.6 is 0 Å². The molecule has 1 heterocycles. The van der Waals surface area contributed by atoms with Gasteiger partial charge in [-0.1, -0.05) is 0 Å². The van der Waals surface area contributed by atoms with Crippen LogP contribution in [0, 0.1) is 0 Å². The summed E-state index contributed by atoms with van der Waals surface area (Å²) in [6.07, 6.45) is 0.0502. The fraction of sp³-hybridized carbons (Fsp3) is 0.857. The summed E-state index contributed by atoms with van der Waals surface area (Å²) in [5.41, 5.74) is 0. The molecule has 7 nitrogen and oxygen atoms in total. The number of sulfone groups is 1. The molecule has 0 aromatic rings. The van der Waals surface area contributed by atoms with Gasteiger partial charge in [0.1, 0.15) is 16.4 Å². The van der Waals surface area contributed by atoms with E-state index in [1.165, 1.54) is 0 Å². The van der Waals surface area contributed by atoms with Gasteiger partial charge in [-0.05, 0) is 12.8 Å². The Morgan fingerprint density at radius 2 is 1.81 bits per heavy atom. The Morgan fingerprint density at radius 3 is 2.25 bits per heavy atom. The van der Waals surface area contributed by atoms with Crippen molar-refractivity contribution < 1.29 is 26.7 Å². The van der Waals surface area contributed by atoms with Gasteiger partial charge in [-0.25, -0.2) is 21.6 Å². The smallest absolute Gasteiger partial charge is 0.318 e. The number of nitrogens with one attached hydrogen (secondary N) is 1. The molecule has 1 rings (SSSR count). The second kappa shape index (κ2) is 4.68. The zero-order valence-corrected chi connectivity index (χ0v) is 10.1. The van der Waals surface area contributed by atoms with Crippen LogP contribution in [0.4, 0.5) is 0 Å². The highest BCUT2D eigenvalue weighted by Crippen LogP contribution is 2.18. The lowest BCUT2D eigenvalue weighted by Crippen LogP contribution is -2.41. The van der Waals surface area contributed by atoms with Crippen molar-refractivity contribution in [2.75, 3.05) is 18.1 Å². The molecule has 1 aliphatic rings. The number of carboxylic acids is 1. The Hall–Kier alpha value is -0.670. The van der Waals surface area contributed by atoms with Gasteiger partial charge in [0.05, 0.1) is 16.8 Å².